The maximum absolute atomic E-state index is 13.5. The molecule has 2 heterocycles. The molecule has 0 saturated heterocycles. The van der Waals surface area contributed by atoms with Gasteiger partial charge in [0, 0.05) is 23.6 Å². The van der Waals surface area contributed by atoms with Crippen LogP contribution in [0.5, 0.6) is 0 Å². The van der Waals surface area contributed by atoms with E-state index in [1.165, 1.54) is 0 Å². The molecule has 5 nitrogen and oxygen atoms in total. The van der Waals surface area contributed by atoms with Gasteiger partial charge < -0.3 is 5.32 Å². The molecule has 2 atom stereocenters. The average Bonchev–Trinajstić information content (AvgIpc) is 3.04. The van der Waals surface area contributed by atoms with Crippen molar-refractivity contribution < 1.29 is 4.79 Å². The smallest absolute Gasteiger partial charge is 0.277 e. The summed E-state index contributed by atoms with van der Waals surface area (Å²) in [5, 5.41) is 6.62. The van der Waals surface area contributed by atoms with Gasteiger partial charge >= 0.3 is 0 Å². The third-order valence-corrected chi connectivity index (χ3v) is 5.92. The van der Waals surface area contributed by atoms with Crippen molar-refractivity contribution in [3.8, 4) is 5.69 Å². The molecule has 0 amide bonds. The van der Waals surface area contributed by atoms with Gasteiger partial charge in [-0.2, -0.15) is 0 Å². The van der Waals surface area contributed by atoms with Gasteiger partial charge in [0.15, 0.2) is 5.78 Å². The average molecular weight is 385 g/mol. The molecule has 0 spiro atoms. The Labute approximate surface area is 169 Å². The first-order valence-corrected chi connectivity index (χ1v) is 10.0. The molecule has 2 aliphatic rings. The lowest BCUT2D eigenvalue weighted by atomic mass is 9.74. The van der Waals surface area contributed by atoms with E-state index >= 15 is 0 Å². The molecule has 0 fully saturated rings. The summed E-state index contributed by atoms with van der Waals surface area (Å²) in [7, 11) is 0. The van der Waals surface area contributed by atoms with E-state index in [-0.39, 0.29) is 23.2 Å². The number of hydrogen-bond donors (Lipinski definition) is 2. The number of H-pyrrole nitrogens is 1. The molecule has 5 heteroatoms. The second-order valence-electron chi connectivity index (χ2n) is 8.17. The second kappa shape index (κ2) is 6.62. The number of carbonyl (C=O) groups is 1. The maximum atomic E-state index is 13.5. The number of aromatic nitrogens is 2. The van der Waals surface area contributed by atoms with Gasteiger partial charge in [0.2, 0.25) is 0 Å². The number of aryl methyl sites for hydroxylation is 1. The molecule has 1 aliphatic carbocycles. The number of anilines is 1. The van der Waals surface area contributed by atoms with Crippen molar-refractivity contribution in [3.63, 3.8) is 0 Å². The molecular weight excluding hydrogens is 362 g/mol. The standard InChI is InChI=1S/C24H23N3O2/c1-14-8-10-16(11-9-14)20-21-18(12-15(2)13-19(21)28)25-23-22(20)24(29)27(26-23)17-6-4-3-5-7-17/h3-11,15,20,25-26H,12-13H2,1-2H3/t15-,20-/m0/s1. The van der Waals surface area contributed by atoms with E-state index < -0.39 is 0 Å². The van der Waals surface area contributed by atoms with Crippen LogP contribution in [0.3, 0.4) is 0 Å². The van der Waals surface area contributed by atoms with Crippen LogP contribution < -0.4 is 10.9 Å². The fourth-order valence-corrected chi connectivity index (χ4v) is 4.54. The molecule has 3 aromatic rings. The Balaban J connectivity index is 1.74. The van der Waals surface area contributed by atoms with E-state index in [9.17, 15) is 9.59 Å². The number of allylic oxidation sites excluding steroid dienone is 2. The van der Waals surface area contributed by atoms with E-state index in [4.69, 9.17) is 0 Å². The van der Waals surface area contributed by atoms with Gasteiger partial charge in [-0.3, -0.25) is 14.7 Å². The van der Waals surface area contributed by atoms with Crippen LogP contribution in [0.1, 0.15) is 42.4 Å². The fraction of sp³-hybridized carbons (Fsp3) is 0.250. The van der Waals surface area contributed by atoms with Crippen LogP contribution in [-0.2, 0) is 4.79 Å². The normalized spacial score (nSPS) is 20.8. The van der Waals surface area contributed by atoms with Crippen molar-refractivity contribution in [1.29, 1.82) is 0 Å². The number of aromatic amines is 1. The van der Waals surface area contributed by atoms with E-state index in [1.807, 2.05) is 61.5 Å². The monoisotopic (exact) mass is 385 g/mol. The third kappa shape index (κ3) is 2.85. The minimum absolute atomic E-state index is 0.123. The van der Waals surface area contributed by atoms with Crippen LogP contribution in [0.25, 0.3) is 5.69 Å². The zero-order valence-corrected chi connectivity index (χ0v) is 16.5. The summed E-state index contributed by atoms with van der Waals surface area (Å²) < 4.78 is 1.56. The highest BCUT2D eigenvalue weighted by Crippen LogP contribution is 2.44. The summed E-state index contributed by atoms with van der Waals surface area (Å²) >= 11 is 0. The Morgan fingerprint density at radius 2 is 1.69 bits per heavy atom. The first kappa shape index (κ1) is 17.7. The molecule has 29 heavy (non-hydrogen) atoms. The summed E-state index contributed by atoms with van der Waals surface area (Å²) in [4.78, 5) is 26.5. The SMILES string of the molecule is Cc1ccc([C@H]2C3=C(C[C@H](C)CC3=O)Nc3[nH]n(-c4ccccc4)c(=O)c32)cc1. The number of carbonyl (C=O) groups excluding carboxylic acids is 1. The van der Waals surface area contributed by atoms with E-state index in [2.05, 4.69) is 17.3 Å². The molecule has 2 aromatic carbocycles. The summed E-state index contributed by atoms with van der Waals surface area (Å²) in [6.07, 6.45) is 1.33. The van der Waals surface area contributed by atoms with Crippen molar-refractivity contribution in [2.75, 3.05) is 5.32 Å². The van der Waals surface area contributed by atoms with Crippen LogP contribution in [0.15, 0.2) is 70.7 Å². The Morgan fingerprint density at radius 1 is 0.966 bits per heavy atom. The Hall–Kier alpha value is -3.34. The number of hydrogen-bond acceptors (Lipinski definition) is 3. The Bertz CT molecular complexity index is 1180. The van der Waals surface area contributed by atoms with Gasteiger partial charge in [0.25, 0.3) is 5.56 Å². The number of para-hydroxylation sites is 1. The van der Waals surface area contributed by atoms with Crippen molar-refractivity contribution in [1.82, 2.24) is 9.78 Å². The number of fused-ring (bicyclic) bond motifs is 1. The number of rotatable bonds is 2. The minimum Gasteiger partial charge on any atom is -0.343 e. The van der Waals surface area contributed by atoms with Crippen LogP contribution in [0.2, 0.25) is 0 Å². The number of Topliss-reactive ketones (excluding diaryl/α,β-unsaturated/α-hetero) is 1. The first-order chi connectivity index (χ1) is 14.0. The van der Waals surface area contributed by atoms with Crippen molar-refractivity contribution in [2.24, 2.45) is 5.92 Å². The zero-order chi connectivity index (χ0) is 20.1. The lowest BCUT2D eigenvalue weighted by Gasteiger charge is -2.33. The number of nitrogens with one attached hydrogen (secondary N) is 2. The molecule has 5 rings (SSSR count). The third-order valence-electron chi connectivity index (χ3n) is 5.92. The quantitative estimate of drug-likeness (QED) is 0.692. The molecule has 0 radical (unpaired) electrons. The summed E-state index contributed by atoms with van der Waals surface area (Å²) in [6, 6.07) is 17.7. The van der Waals surface area contributed by atoms with Gasteiger partial charge in [0.1, 0.15) is 5.82 Å². The van der Waals surface area contributed by atoms with Crippen LogP contribution in [-0.4, -0.2) is 15.6 Å². The van der Waals surface area contributed by atoms with Crippen molar-refractivity contribution in [3.05, 3.63) is 92.9 Å². The van der Waals surface area contributed by atoms with E-state index in [1.54, 1.807) is 4.68 Å². The van der Waals surface area contributed by atoms with E-state index in [0.29, 0.717) is 17.8 Å². The predicted octanol–water partition coefficient (Wildman–Crippen LogP) is 4.28. The molecule has 0 bridgehead atoms. The van der Waals surface area contributed by atoms with Crippen LogP contribution in [0, 0.1) is 12.8 Å². The topological polar surface area (TPSA) is 66.9 Å². The summed E-state index contributed by atoms with van der Waals surface area (Å²) in [6.45, 7) is 4.13. The van der Waals surface area contributed by atoms with Gasteiger partial charge in [0.05, 0.1) is 11.3 Å². The lowest BCUT2D eigenvalue weighted by Crippen LogP contribution is -2.31. The molecule has 2 N–H and O–H groups in total. The molecule has 0 unspecified atom stereocenters. The minimum atomic E-state index is -0.351. The highest BCUT2D eigenvalue weighted by atomic mass is 16.1. The highest BCUT2D eigenvalue weighted by molar-refractivity contribution is 6.01. The summed E-state index contributed by atoms with van der Waals surface area (Å²) in [5.41, 5.74) is 5.07. The highest BCUT2D eigenvalue weighted by Gasteiger charge is 2.40. The number of ketones is 1. The van der Waals surface area contributed by atoms with Gasteiger partial charge in [-0.1, -0.05) is 55.0 Å². The Morgan fingerprint density at radius 3 is 2.41 bits per heavy atom. The molecule has 1 aliphatic heterocycles. The molecule has 0 saturated carbocycles. The van der Waals surface area contributed by atoms with Crippen LogP contribution in [0.4, 0.5) is 5.82 Å². The number of nitrogens with zero attached hydrogens (tertiary/aromatic N) is 1. The number of benzene rings is 2. The maximum Gasteiger partial charge on any atom is 0.277 e. The second-order valence-corrected chi connectivity index (χ2v) is 8.17. The summed E-state index contributed by atoms with van der Waals surface area (Å²) in [5.74, 6) is 0.756. The largest absolute Gasteiger partial charge is 0.343 e. The molecule has 146 valence electrons. The van der Waals surface area contributed by atoms with Crippen molar-refractivity contribution >= 4 is 11.6 Å². The molecular formula is C24H23N3O2. The lowest BCUT2D eigenvalue weighted by molar-refractivity contribution is -0.117. The van der Waals surface area contributed by atoms with E-state index in [0.717, 1.165) is 34.5 Å². The zero-order valence-electron chi connectivity index (χ0n) is 16.5. The predicted molar refractivity (Wildman–Crippen MR) is 113 cm³/mol. The molecule has 1 aromatic heterocycles. The fourth-order valence-electron chi connectivity index (χ4n) is 4.54. The van der Waals surface area contributed by atoms with Gasteiger partial charge in [-0.15, -0.1) is 0 Å². The van der Waals surface area contributed by atoms with Crippen LogP contribution >= 0.6 is 0 Å². The Kier molecular flexibility index (Phi) is 4.05. The van der Waals surface area contributed by atoms with Crippen molar-refractivity contribution in [2.45, 2.75) is 32.6 Å². The van der Waals surface area contributed by atoms with Gasteiger partial charge in [-0.05, 0) is 37.0 Å². The van der Waals surface area contributed by atoms with Gasteiger partial charge in [-0.25, -0.2) is 4.68 Å². The first-order valence-electron chi connectivity index (χ1n) is 10.0.